The number of nitrogens with zero attached hydrogens (tertiary/aromatic N) is 4. The van der Waals surface area contributed by atoms with Gasteiger partial charge in [0.25, 0.3) is 0 Å². The molecule has 6 heterocycles. The maximum atomic E-state index is 5.86. The van der Waals surface area contributed by atoms with Gasteiger partial charge < -0.3 is 8.97 Å². The van der Waals surface area contributed by atoms with Gasteiger partial charge in [0, 0.05) is 59.7 Å². The van der Waals surface area contributed by atoms with Crippen molar-refractivity contribution in [3.05, 3.63) is 182 Å². The van der Waals surface area contributed by atoms with Crippen molar-refractivity contribution in [2.75, 3.05) is 0 Å². The fourth-order valence-corrected chi connectivity index (χ4v) is 11.1. The molecule has 0 saturated heterocycles. The average Bonchev–Trinajstić information content (AvgIpc) is 4.08. The van der Waals surface area contributed by atoms with Crippen LogP contribution in [0.5, 0.6) is 0 Å². The molecule has 9 aromatic carbocycles. The highest BCUT2D eigenvalue weighted by Crippen LogP contribution is 2.48. The van der Waals surface area contributed by atoms with Crippen LogP contribution in [0.15, 0.2) is 182 Å². The third-order valence-electron chi connectivity index (χ3n) is 13.4. The van der Waals surface area contributed by atoms with Gasteiger partial charge in [-0.3, -0.25) is 4.40 Å². The van der Waals surface area contributed by atoms with Crippen molar-refractivity contribution in [2.45, 2.75) is 0 Å². The van der Waals surface area contributed by atoms with Crippen LogP contribution in [0.3, 0.4) is 0 Å². The molecule has 0 amide bonds. The molecule has 0 radical (unpaired) electrons. The van der Waals surface area contributed by atoms with Crippen molar-refractivity contribution < 1.29 is 0 Å². The molecule has 15 rings (SSSR count). The first-order chi connectivity index (χ1) is 29.3. The van der Waals surface area contributed by atoms with Crippen LogP contribution in [0.4, 0.5) is 0 Å². The lowest BCUT2D eigenvalue weighted by Crippen LogP contribution is -1.93. The van der Waals surface area contributed by atoms with E-state index in [0.717, 1.165) is 22.4 Å². The lowest BCUT2D eigenvalue weighted by molar-refractivity contribution is 1.18. The first-order valence-corrected chi connectivity index (χ1v) is 20.4. The highest BCUT2D eigenvalue weighted by Gasteiger charge is 2.27. The zero-order chi connectivity index (χ0) is 38.1. The van der Waals surface area contributed by atoms with E-state index in [9.17, 15) is 0 Å². The Morgan fingerprint density at radius 2 is 0.949 bits per heavy atom. The van der Waals surface area contributed by atoms with E-state index in [1.165, 1.54) is 114 Å². The number of pyridine rings is 1. The smallest absolute Gasteiger partial charge is 0.146 e. The molecular formula is C55H30N4. The Labute approximate surface area is 335 Å². The van der Waals surface area contributed by atoms with Crippen molar-refractivity contribution in [1.29, 1.82) is 0 Å². The zero-order valence-corrected chi connectivity index (χ0v) is 31.6. The number of fused-ring (bicyclic) bond motifs is 19. The summed E-state index contributed by atoms with van der Waals surface area (Å²) in [5, 5.41) is 16.2. The maximum absolute atomic E-state index is 5.86. The number of hydrogen-bond acceptors (Lipinski definition) is 1. The molecule has 0 fully saturated rings. The lowest BCUT2D eigenvalue weighted by atomic mass is 9.97. The van der Waals surface area contributed by atoms with E-state index in [0.29, 0.717) is 0 Å². The van der Waals surface area contributed by atoms with Gasteiger partial charge in [-0.1, -0.05) is 127 Å². The van der Waals surface area contributed by atoms with Crippen molar-refractivity contribution in [2.24, 2.45) is 0 Å². The van der Waals surface area contributed by atoms with Crippen molar-refractivity contribution in [3.8, 4) is 16.8 Å². The minimum Gasteiger partial charge on any atom is -0.309 e. The molecule has 270 valence electrons. The van der Waals surface area contributed by atoms with Gasteiger partial charge in [0.1, 0.15) is 5.65 Å². The van der Waals surface area contributed by atoms with Crippen LogP contribution in [0.2, 0.25) is 0 Å². The topological polar surface area (TPSA) is 26.6 Å². The van der Waals surface area contributed by atoms with Gasteiger partial charge in [-0.25, -0.2) is 4.98 Å². The Bertz CT molecular complexity index is 4300. The minimum atomic E-state index is 0.999. The van der Waals surface area contributed by atoms with Crippen molar-refractivity contribution >= 4 is 120 Å². The van der Waals surface area contributed by atoms with Gasteiger partial charge in [0.05, 0.1) is 44.1 Å². The predicted octanol–water partition coefficient (Wildman–Crippen LogP) is 14.5. The highest BCUT2D eigenvalue weighted by atomic mass is 15.0. The Hall–Kier alpha value is -7.95. The summed E-state index contributed by atoms with van der Waals surface area (Å²) >= 11 is 0. The summed E-state index contributed by atoms with van der Waals surface area (Å²) < 4.78 is 7.37. The molecule has 15 aromatic rings. The Morgan fingerprint density at radius 1 is 0.339 bits per heavy atom. The zero-order valence-electron chi connectivity index (χ0n) is 31.6. The summed E-state index contributed by atoms with van der Waals surface area (Å²) in [5.41, 5.74) is 14.1. The number of benzene rings is 9. The summed E-state index contributed by atoms with van der Waals surface area (Å²) in [5.74, 6) is 0. The first-order valence-electron chi connectivity index (χ1n) is 20.4. The van der Waals surface area contributed by atoms with Gasteiger partial charge in [-0.15, -0.1) is 0 Å². The summed E-state index contributed by atoms with van der Waals surface area (Å²) in [6.45, 7) is 0. The minimum absolute atomic E-state index is 0.999. The molecule has 0 bridgehead atoms. The Balaban J connectivity index is 1.13. The normalized spacial score (nSPS) is 12.7. The Morgan fingerprint density at radius 3 is 1.75 bits per heavy atom. The summed E-state index contributed by atoms with van der Waals surface area (Å²) in [6, 6.07) is 67.2. The van der Waals surface area contributed by atoms with Gasteiger partial charge in [0.2, 0.25) is 0 Å². The SMILES string of the molecule is c1ccc(-n2c3ccccc3c3cc(-c4cccc5c6c7ccccc7cc7c8cc9c(nc8n(c45)c76)c4c5ccccc5cc5c6ccccc6n9c54)ccc32)cc1. The average molecular weight is 747 g/mol. The summed E-state index contributed by atoms with van der Waals surface area (Å²) in [7, 11) is 0. The molecule has 0 saturated carbocycles. The quantitative estimate of drug-likeness (QED) is 0.173. The predicted molar refractivity (Wildman–Crippen MR) is 248 cm³/mol. The highest BCUT2D eigenvalue weighted by molar-refractivity contribution is 6.35. The van der Waals surface area contributed by atoms with Crippen molar-refractivity contribution in [3.63, 3.8) is 0 Å². The monoisotopic (exact) mass is 746 g/mol. The molecule has 59 heavy (non-hydrogen) atoms. The van der Waals surface area contributed by atoms with Crippen LogP contribution >= 0.6 is 0 Å². The second kappa shape index (κ2) is 10.5. The summed E-state index contributed by atoms with van der Waals surface area (Å²) in [4.78, 5) is 5.86. The van der Waals surface area contributed by atoms with E-state index in [4.69, 9.17) is 4.98 Å². The van der Waals surface area contributed by atoms with Crippen LogP contribution in [0, 0.1) is 0 Å². The Kier molecular flexibility index (Phi) is 5.38. The van der Waals surface area contributed by atoms with E-state index < -0.39 is 0 Å². The molecule has 0 spiro atoms. The molecule has 0 aliphatic rings. The molecule has 0 aliphatic carbocycles. The van der Waals surface area contributed by atoms with Crippen LogP contribution in [-0.4, -0.2) is 18.4 Å². The van der Waals surface area contributed by atoms with E-state index >= 15 is 0 Å². The molecule has 0 unspecified atom stereocenters. The third kappa shape index (κ3) is 3.60. The molecule has 0 atom stereocenters. The molecular weight excluding hydrogens is 717 g/mol. The molecule has 4 heteroatoms. The maximum Gasteiger partial charge on any atom is 0.146 e. The molecule has 0 N–H and O–H groups in total. The van der Waals surface area contributed by atoms with Crippen LogP contribution in [0.1, 0.15) is 0 Å². The van der Waals surface area contributed by atoms with E-state index in [-0.39, 0.29) is 0 Å². The second-order valence-corrected chi connectivity index (χ2v) is 16.3. The number of para-hydroxylation sites is 4. The van der Waals surface area contributed by atoms with Gasteiger partial charge in [-0.05, 0) is 81.7 Å². The lowest BCUT2D eigenvalue weighted by Gasteiger charge is -2.09. The first kappa shape index (κ1) is 30.2. The second-order valence-electron chi connectivity index (χ2n) is 16.3. The number of rotatable bonds is 2. The standard InChI is InChI=1S/C55H30N4/c1-2-15-34(16-3-1)57-45-23-10-8-19-38(45)41-27-33(25-26-47(41)57)37-21-12-22-40-49-35-17-6-4-13-31(35)29-43-44-30-48-51(56-55(44)59(52(37)40)53(43)49)50-36-18-7-5-14-32(36)28-42-39-20-9-11-24-46(39)58(48)54(42)50/h1-30H. The van der Waals surface area contributed by atoms with Gasteiger partial charge >= 0.3 is 0 Å². The van der Waals surface area contributed by atoms with Crippen molar-refractivity contribution in [1.82, 2.24) is 18.4 Å². The van der Waals surface area contributed by atoms with Gasteiger partial charge in [0.15, 0.2) is 0 Å². The van der Waals surface area contributed by atoms with Gasteiger partial charge in [-0.2, -0.15) is 0 Å². The van der Waals surface area contributed by atoms with E-state index in [2.05, 4.69) is 195 Å². The third-order valence-corrected chi connectivity index (χ3v) is 13.4. The molecule has 0 aliphatic heterocycles. The van der Waals surface area contributed by atoms with Crippen LogP contribution in [-0.2, 0) is 0 Å². The largest absolute Gasteiger partial charge is 0.309 e. The molecule has 4 nitrogen and oxygen atoms in total. The van der Waals surface area contributed by atoms with Crippen LogP contribution in [0.25, 0.3) is 137 Å². The number of aromatic nitrogens is 4. The van der Waals surface area contributed by atoms with E-state index in [1.54, 1.807) is 0 Å². The fraction of sp³-hybridized carbons (Fsp3) is 0. The summed E-state index contributed by atoms with van der Waals surface area (Å²) in [6.07, 6.45) is 0. The number of hydrogen-bond donors (Lipinski definition) is 0. The van der Waals surface area contributed by atoms with Crippen LogP contribution < -0.4 is 0 Å². The van der Waals surface area contributed by atoms with E-state index in [1.807, 2.05) is 0 Å². The fourth-order valence-electron chi connectivity index (χ4n) is 11.1. The molecule has 6 aromatic heterocycles.